The van der Waals surface area contributed by atoms with Crippen molar-refractivity contribution < 1.29 is 14.3 Å². The van der Waals surface area contributed by atoms with Gasteiger partial charge in [0.15, 0.2) is 11.5 Å². The highest BCUT2D eigenvalue weighted by molar-refractivity contribution is 6.07. The molecule has 2 aromatic carbocycles. The van der Waals surface area contributed by atoms with Crippen molar-refractivity contribution in [3.8, 4) is 22.8 Å². The number of para-hydroxylation sites is 1. The number of fused-ring (bicyclic) bond motifs is 1. The predicted molar refractivity (Wildman–Crippen MR) is 120 cm³/mol. The normalized spacial score (nSPS) is 10.7. The SMILES string of the molecule is COc1ccc(-c2cc(C(=O)N(C)Cc3ccncc3)c3ccccc3n2)cc1OC. The molecule has 6 heteroatoms. The first-order chi connectivity index (χ1) is 15.1. The molecule has 0 atom stereocenters. The Hall–Kier alpha value is -3.93. The fourth-order valence-electron chi connectivity index (χ4n) is 3.54. The first-order valence-corrected chi connectivity index (χ1v) is 9.87. The maximum Gasteiger partial charge on any atom is 0.254 e. The van der Waals surface area contributed by atoms with E-state index >= 15 is 0 Å². The number of pyridine rings is 2. The van der Waals surface area contributed by atoms with Gasteiger partial charge in [0.2, 0.25) is 0 Å². The summed E-state index contributed by atoms with van der Waals surface area (Å²) in [5.74, 6) is 1.18. The number of hydrogen-bond donors (Lipinski definition) is 0. The fraction of sp³-hybridized carbons (Fsp3) is 0.160. The molecule has 0 radical (unpaired) electrons. The van der Waals surface area contributed by atoms with E-state index in [0.29, 0.717) is 29.3 Å². The Bertz CT molecular complexity index is 1230. The monoisotopic (exact) mass is 413 g/mol. The molecule has 2 heterocycles. The first kappa shape index (κ1) is 20.3. The third-order valence-corrected chi connectivity index (χ3v) is 5.14. The number of benzene rings is 2. The van der Waals surface area contributed by atoms with Crippen LogP contribution in [0.4, 0.5) is 0 Å². The van der Waals surface area contributed by atoms with E-state index < -0.39 is 0 Å². The number of amides is 1. The van der Waals surface area contributed by atoms with Gasteiger partial charge in [0.1, 0.15) is 0 Å². The number of hydrogen-bond acceptors (Lipinski definition) is 5. The van der Waals surface area contributed by atoms with Crippen molar-refractivity contribution >= 4 is 16.8 Å². The largest absolute Gasteiger partial charge is 0.493 e. The minimum absolute atomic E-state index is 0.0721. The Morgan fingerprint density at radius 1 is 0.935 bits per heavy atom. The molecule has 0 unspecified atom stereocenters. The summed E-state index contributed by atoms with van der Waals surface area (Å²) in [6, 6.07) is 18.9. The van der Waals surface area contributed by atoms with Gasteiger partial charge in [-0.1, -0.05) is 18.2 Å². The molecule has 1 amide bonds. The second kappa shape index (κ2) is 8.83. The van der Waals surface area contributed by atoms with Gasteiger partial charge in [0.25, 0.3) is 5.91 Å². The fourth-order valence-corrected chi connectivity index (χ4v) is 3.54. The van der Waals surface area contributed by atoms with Crippen molar-refractivity contribution in [2.75, 3.05) is 21.3 Å². The second-order valence-corrected chi connectivity index (χ2v) is 7.16. The highest BCUT2D eigenvalue weighted by Gasteiger charge is 2.18. The molecular formula is C25H23N3O3. The van der Waals surface area contributed by atoms with Gasteiger partial charge in [-0.15, -0.1) is 0 Å². The average molecular weight is 413 g/mol. The van der Waals surface area contributed by atoms with Crippen LogP contribution in [-0.2, 0) is 6.54 Å². The van der Waals surface area contributed by atoms with Gasteiger partial charge < -0.3 is 14.4 Å². The Balaban J connectivity index is 1.77. The van der Waals surface area contributed by atoms with Gasteiger partial charge in [0.05, 0.1) is 31.0 Å². The molecule has 0 bridgehead atoms. The molecule has 0 saturated carbocycles. The summed E-state index contributed by atoms with van der Waals surface area (Å²) in [6.45, 7) is 0.490. The quantitative estimate of drug-likeness (QED) is 0.463. The number of ether oxygens (including phenoxy) is 2. The van der Waals surface area contributed by atoms with Crippen LogP contribution in [0.2, 0.25) is 0 Å². The number of methoxy groups -OCH3 is 2. The van der Waals surface area contributed by atoms with E-state index in [2.05, 4.69) is 4.98 Å². The van der Waals surface area contributed by atoms with Gasteiger partial charge in [0, 0.05) is 36.9 Å². The smallest absolute Gasteiger partial charge is 0.254 e. The molecule has 0 N–H and O–H groups in total. The standard InChI is InChI=1S/C25H23N3O3/c1-28(16-17-10-12-26-13-11-17)25(29)20-15-22(27-21-7-5-4-6-19(20)21)18-8-9-23(30-2)24(14-18)31-3/h4-15H,16H2,1-3H3. The highest BCUT2D eigenvalue weighted by Crippen LogP contribution is 2.33. The highest BCUT2D eigenvalue weighted by atomic mass is 16.5. The molecule has 0 saturated heterocycles. The van der Waals surface area contributed by atoms with Crippen LogP contribution < -0.4 is 9.47 Å². The minimum Gasteiger partial charge on any atom is -0.493 e. The van der Waals surface area contributed by atoms with Gasteiger partial charge in [-0.25, -0.2) is 4.98 Å². The van der Waals surface area contributed by atoms with E-state index in [-0.39, 0.29) is 5.91 Å². The number of carbonyl (C=O) groups excluding carboxylic acids is 1. The average Bonchev–Trinajstić information content (AvgIpc) is 2.83. The summed E-state index contributed by atoms with van der Waals surface area (Å²) in [5.41, 5.74) is 3.92. The maximum atomic E-state index is 13.4. The van der Waals surface area contributed by atoms with Crippen molar-refractivity contribution in [3.05, 3.63) is 84.2 Å². The lowest BCUT2D eigenvalue weighted by molar-refractivity contribution is 0.0787. The third kappa shape index (κ3) is 4.19. The van der Waals surface area contributed by atoms with Crippen LogP contribution in [0, 0.1) is 0 Å². The lowest BCUT2D eigenvalue weighted by Crippen LogP contribution is -2.26. The zero-order valence-electron chi connectivity index (χ0n) is 17.7. The summed E-state index contributed by atoms with van der Waals surface area (Å²) >= 11 is 0. The minimum atomic E-state index is -0.0721. The number of rotatable bonds is 6. The van der Waals surface area contributed by atoms with Crippen molar-refractivity contribution in [2.45, 2.75) is 6.54 Å². The van der Waals surface area contributed by atoms with Crippen molar-refractivity contribution in [2.24, 2.45) is 0 Å². The molecule has 31 heavy (non-hydrogen) atoms. The van der Waals surface area contributed by atoms with E-state index in [9.17, 15) is 4.79 Å². The lowest BCUT2D eigenvalue weighted by Gasteiger charge is -2.19. The molecule has 4 rings (SSSR count). The van der Waals surface area contributed by atoms with Crippen molar-refractivity contribution in [1.82, 2.24) is 14.9 Å². The van der Waals surface area contributed by atoms with Gasteiger partial charge in [-0.2, -0.15) is 0 Å². The molecule has 156 valence electrons. The number of carbonyl (C=O) groups is 1. The molecular weight excluding hydrogens is 390 g/mol. The van der Waals surface area contributed by atoms with Crippen molar-refractivity contribution in [3.63, 3.8) is 0 Å². The van der Waals surface area contributed by atoms with Crippen LogP contribution >= 0.6 is 0 Å². The molecule has 0 aliphatic heterocycles. The Kier molecular flexibility index (Phi) is 5.80. The Morgan fingerprint density at radius 3 is 2.42 bits per heavy atom. The van der Waals surface area contributed by atoms with Crippen LogP contribution in [0.5, 0.6) is 11.5 Å². The second-order valence-electron chi connectivity index (χ2n) is 7.16. The van der Waals surface area contributed by atoms with Gasteiger partial charge in [-0.3, -0.25) is 9.78 Å². The Morgan fingerprint density at radius 2 is 1.68 bits per heavy atom. The summed E-state index contributed by atoms with van der Waals surface area (Å²) < 4.78 is 10.8. The zero-order valence-corrected chi connectivity index (χ0v) is 17.7. The van der Waals surface area contributed by atoms with E-state index in [1.807, 2.05) is 60.7 Å². The summed E-state index contributed by atoms with van der Waals surface area (Å²) in [4.78, 5) is 23.9. The van der Waals surface area contributed by atoms with Crippen LogP contribution in [0.15, 0.2) is 73.1 Å². The summed E-state index contributed by atoms with van der Waals surface area (Å²) in [7, 11) is 4.99. The van der Waals surface area contributed by atoms with Crippen molar-refractivity contribution in [1.29, 1.82) is 0 Å². The molecule has 6 nitrogen and oxygen atoms in total. The van der Waals surface area contributed by atoms with E-state index in [1.165, 1.54) is 0 Å². The topological polar surface area (TPSA) is 64.5 Å². The van der Waals surface area contributed by atoms with Crippen LogP contribution in [-0.4, -0.2) is 42.0 Å². The number of nitrogens with zero attached hydrogens (tertiary/aromatic N) is 3. The molecule has 0 spiro atoms. The van der Waals surface area contributed by atoms with Crippen LogP contribution in [0.3, 0.4) is 0 Å². The summed E-state index contributed by atoms with van der Waals surface area (Å²) in [6.07, 6.45) is 3.45. The van der Waals surface area contributed by atoms with E-state index in [1.54, 1.807) is 38.6 Å². The summed E-state index contributed by atoms with van der Waals surface area (Å²) in [5, 5.41) is 0.818. The molecule has 2 aromatic heterocycles. The molecule has 0 aliphatic carbocycles. The van der Waals surface area contributed by atoms with E-state index in [0.717, 1.165) is 22.0 Å². The Labute approximate surface area is 181 Å². The maximum absolute atomic E-state index is 13.4. The molecule has 0 aliphatic rings. The molecule has 0 fully saturated rings. The molecule has 4 aromatic rings. The van der Waals surface area contributed by atoms with Crippen LogP contribution in [0.25, 0.3) is 22.2 Å². The van der Waals surface area contributed by atoms with Crippen LogP contribution in [0.1, 0.15) is 15.9 Å². The first-order valence-electron chi connectivity index (χ1n) is 9.87. The predicted octanol–water partition coefficient (Wildman–Crippen LogP) is 4.59. The number of aromatic nitrogens is 2. The van der Waals surface area contributed by atoms with E-state index in [4.69, 9.17) is 14.5 Å². The zero-order chi connectivity index (χ0) is 21.8. The van der Waals surface area contributed by atoms with Gasteiger partial charge >= 0.3 is 0 Å². The van der Waals surface area contributed by atoms with Gasteiger partial charge in [-0.05, 0) is 48.0 Å². The lowest BCUT2D eigenvalue weighted by atomic mass is 10.0. The third-order valence-electron chi connectivity index (χ3n) is 5.14.